The number of hydrogen-bond acceptors (Lipinski definition) is 3. The van der Waals surface area contributed by atoms with Crippen molar-refractivity contribution in [1.29, 1.82) is 0 Å². The van der Waals surface area contributed by atoms with E-state index in [1.807, 2.05) is 19.1 Å². The van der Waals surface area contributed by atoms with Crippen molar-refractivity contribution < 1.29 is 0 Å². The van der Waals surface area contributed by atoms with Gasteiger partial charge < -0.3 is 5.32 Å². The molecule has 0 atom stereocenters. The number of anilines is 2. The van der Waals surface area contributed by atoms with Gasteiger partial charge in [0.1, 0.15) is 17.3 Å². The molecule has 18 heavy (non-hydrogen) atoms. The van der Waals surface area contributed by atoms with Gasteiger partial charge in [0, 0.05) is 9.50 Å². The normalized spacial score (nSPS) is 10.5. The third kappa shape index (κ3) is 2.96. The summed E-state index contributed by atoms with van der Waals surface area (Å²) < 4.78 is 1.50. The van der Waals surface area contributed by atoms with Gasteiger partial charge in [0.2, 0.25) is 0 Å². The minimum atomic E-state index is 0.349. The number of benzene rings is 1. The topological polar surface area (TPSA) is 37.8 Å². The summed E-state index contributed by atoms with van der Waals surface area (Å²) in [6.07, 6.45) is 1.39. The number of aromatic nitrogens is 2. The van der Waals surface area contributed by atoms with E-state index in [1.54, 1.807) is 0 Å². The van der Waals surface area contributed by atoms with Crippen LogP contribution in [-0.2, 0) is 0 Å². The molecule has 0 unspecified atom stereocenters. The summed E-state index contributed by atoms with van der Waals surface area (Å²) in [6.45, 7) is 1.94. The fourth-order valence-electron chi connectivity index (χ4n) is 1.31. The van der Waals surface area contributed by atoms with Crippen LogP contribution in [0.4, 0.5) is 11.5 Å². The molecule has 0 aliphatic carbocycles. The molecule has 2 aromatic rings. The summed E-state index contributed by atoms with van der Waals surface area (Å²) in [5, 5.41) is 4.16. The molecule has 0 saturated heterocycles. The molecule has 7 heteroatoms. The molecule has 0 bridgehead atoms. The van der Waals surface area contributed by atoms with Gasteiger partial charge in [-0.3, -0.25) is 0 Å². The molecule has 0 aliphatic heterocycles. The lowest BCUT2D eigenvalue weighted by molar-refractivity contribution is 1.15. The molecular formula is C11H7Br2Cl2N3. The highest BCUT2D eigenvalue weighted by Gasteiger charge is 2.10. The third-order valence-corrected chi connectivity index (χ3v) is 4.58. The quantitative estimate of drug-likeness (QED) is 0.676. The first-order chi connectivity index (χ1) is 8.49. The number of nitrogens with zero attached hydrogens (tertiary/aromatic N) is 2. The zero-order valence-corrected chi connectivity index (χ0v) is 13.8. The van der Waals surface area contributed by atoms with E-state index in [4.69, 9.17) is 23.2 Å². The number of halogens is 4. The first-order valence-electron chi connectivity index (χ1n) is 4.87. The van der Waals surface area contributed by atoms with Crippen LogP contribution in [0.2, 0.25) is 10.2 Å². The molecule has 1 aromatic carbocycles. The number of aryl methyl sites for hydroxylation is 1. The minimum Gasteiger partial charge on any atom is -0.338 e. The third-order valence-electron chi connectivity index (χ3n) is 2.25. The highest BCUT2D eigenvalue weighted by atomic mass is 79.9. The molecule has 94 valence electrons. The second-order valence-corrected chi connectivity index (χ2v) is 5.95. The van der Waals surface area contributed by atoms with Crippen LogP contribution >= 0.6 is 55.1 Å². The van der Waals surface area contributed by atoms with Crippen molar-refractivity contribution >= 4 is 66.6 Å². The van der Waals surface area contributed by atoms with Crippen molar-refractivity contribution in [3.8, 4) is 0 Å². The van der Waals surface area contributed by atoms with Crippen LogP contribution in [0.1, 0.15) is 5.56 Å². The SMILES string of the molecule is Cc1cc(Br)c(Nc2ncnc(Cl)c2Br)cc1Cl. The van der Waals surface area contributed by atoms with Crippen molar-refractivity contribution in [3.05, 3.63) is 43.1 Å². The van der Waals surface area contributed by atoms with Gasteiger partial charge in [0.25, 0.3) is 0 Å². The highest BCUT2D eigenvalue weighted by Crippen LogP contribution is 2.34. The molecule has 0 aliphatic rings. The minimum absolute atomic E-state index is 0.349. The van der Waals surface area contributed by atoms with Crippen molar-refractivity contribution in [2.75, 3.05) is 5.32 Å². The molecule has 0 fully saturated rings. The van der Waals surface area contributed by atoms with E-state index in [0.29, 0.717) is 20.5 Å². The van der Waals surface area contributed by atoms with Crippen molar-refractivity contribution in [1.82, 2.24) is 9.97 Å². The van der Waals surface area contributed by atoms with E-state index in [2.05, 4.69) is 47.1 Å². The maximum atomic E-state index is 6.09. The fraction of sp³-hybridized carbons (Fsp3) is 0.0909. The Morgan fingerprint density at radius 3 is 2.61 bits per heavy atom. The number of hydrogen-bond donors (Lipinski definition) is 1. The Morgan fingerprint density at radius 2 is 1.89 bits per heavy atom. The maximum Gasteiger partial charge on any atom is 0.149 e. The van der Waals surface area contributed by atoms with E-state index in [9.17, 15) is 0 Å². The fourth-order valence-corrected chi connectivity index (χ4v) is 2.46. The predicted molar refractivity (Wildman–Crippen MR) is 81.9 cm³/mol. The van der Waals surface area contributed by atoms with Crippen molar-refractivity contribution in [3.63, 3.8) is 0 Å². The van der Waals surface area contributed by atoms with Gasteiger partial charge in [0.15, 0.2) is 0 Å². The van der Waals surface area contributed by atoms with Gasteiger partial charge in [-0.1, -0.05) is 23.2 Å². The lowest BCUT2D eigenvalue weighted by Gasteiger charge is -2.11. The predicted octanol–water partition coefficient (Wildman–Crippen LogP) is 5.36. The van der Waals surface area contributed by atoms with Gasteiger partial charge in [-0.05, 0) is 56.5 Å². The van der Waals surface area contributed by atoms with E-state index in [0.717, 1.165) is 15.7 Å². The molecule has 2 rings (SSSR count). The van der Waals surface area contributed by atoms with E-state index in [-0.39, 0.29) is 0 Å². The highest BCUT2D eigenvalue weighted by molar-refractivity contribution is 9.11. The first-order valence-corrected chi connectivity index (χ1v) is 7.22. The zero-order valence-electron chi connectivity index (χ0n) is 9.14. The van der Waals surface area contributed by atoms with Crippen LogP contribution in [0.15, 0.2) is 27.4 Å². The summed E-state index contributed by atoms with van der Waals surface area (Å²) in [4.78, 5) is 7.97. The van der Waals surface area contributed by atoms with Gasteiger partial charge in [-0.25, -0.2) is 9.97 Å². The Bertz CT molecular complexity index is 605. The van der Waals surface area contributed by atoms with Gasteiger partial charge in [-0.15, -0.1) is 0 Å². The lowest BCUT2D eigenvalue weighted by Crippen LogP contribution is -1.97. The molecular weight excluding hydrogens is 405 g/mol. The molecule has 0 amide bonds. The second kappa shape index (κ2) is 5.74. The summed E-state index contributed by atoms with van der Waals surface area (Å²) in [5.74, 6) is 0.579. The van der Waals surface area contributed by atoms with Gasteiger partial charge in [-0.2, -0.15) is 0 Å². The molecule has 1 heterocycles. The van der Waals surface area contributed by atoms with E-state index < -0.39 is 0 Å². The Labute approximate surface area is 131 Å². The Balaban J connectivity index is 2.40. The molecule has 0 spiro atoms. The molecule has 1 N–H and O–H groups in total. The average Bonchev–Trinajstić information content (AvgIpc) is 2.32. The molecule has 3 nitrogen and oxygen atoms in total. The van der Waals surface area contributed by atoms with Gasteiger partial charge >= 0.3 is 0 Å². The van der Waals surface area contributed by atoms with Crippen molar-refractivity contribution in [2.45, 2.75) is 6.92 Å². The van der Waals surface area contributed by atoms with E-state index in [1.165, 1.54) is 6.33 Å². The number of nitrogens with one attached hydrogen (secondary N) is 1. The Morgan fingerprint density at radius 1 is 1.17 bits per heavy atom. The van der Waals surface area contributed by atoms with Crippen LogP contribution in [0.3, 0.4) is 0 Å². The van der Waals surface area contributed by atoms with Gasteiger partial charge in [0.05, 0.1) is 10.2 Å². The maximum absolute atomic E-state index is 6.09. The largest absolute Gasteiger partial charge is 0.338 e. The molecule has 1 aromatic heterocycles. The monoisotopic (exact) mass is 409 g/mol. The summed E-state index contributed by atoms with van der Waals surface area (Å²) in [6, 6.07) is 3.75. The first kappa shape index (κ1) is 14.1. The van der Waals surface area contributed by atoms with Crippen molar-refractivity contribution in [2.24, 2.45) is 0 Å². The lowest BCUT2D eigenvalue weighted by atomic mass is 10.2. The number of rotatable bonds is 2. The van der Waals surface area contributed by atoms with Crippen LogP contribution in [0.5, 0.6) is 0 Å². The summed E-state index contributed by atoms with van der Waals surface area (Å²) >= 11 is 18.8. The smallest absolute Gasteiger partial charge is 0.149 e. The summed E-state index contributed by atoms with van der Waals surface area (Å²) in [7, 11) is 0. The molecule has 0 saturated carbocycles. The van der Waals surface area contributed by atoms with Crippen LogP contribution in [0, 0.1) is 6.92 Å². The van der Waals surface area contributed by atoms with E-state index >= 15 is 0 Å². The Kier molecular flexibility index (Phi) is 4.48. The van der Waals surface area contributed by atoms with Crippen LogP contribution in [0.25, 0.3) is 0 Å². The Hall–Kier alpha value is -0.360. The summed E-state index contributed by atoms with van der Waals surface area (Å²) in [5.41, 5.74) is 1.80. The molecule has 0 radical (unpaired) electrons. The standard InChI is InChI=1S/C11H7Br2Cl2N3/c1-5-2-6(12)8(3-7(5)14)18-11-9(13)10(15)16-4-17-11/h2-4H,1H3,(H,16,17,18). The average molecular weight is 412 g/mol. The second-order valence-electron chi connectivity index (χ2n) is 3.53. The van der Waals surface area contributed by atoms with Crippen LogP contribution < -0.4 is 5.32 Å². The zero-order chi connectivity index (χ0) is 13.3. The van der Waals surface area contributed by atoms with Crippen LogP contribution in [-0.4, -0.2) is 9.97 Å².